The zero-order chi connectivity index (χ0) is 13.7. The predicted molar refractivity (Wildman–Crippen MR) is 79.6 cm³/mol. The lowest BCUT2D eigenvalue weighted by molar-refractivity contribution is 0.0659. The maximum atomic E-state index is 13.9. The number of hydrogen-bond donors (Lipinski definition) is 1. The van der Waals surface area contributed by atoms with E-state index in [9.17, 15) is 9.50 Å². The number of aryl methyl sites for hydroxylation is 1. The van der Waals surface area contributed by atoms with Crippen LogP contribution in [0.5, 0.6) is 0 Å². The van der Waals surface area contributed by atoms with E-state index in [1.807, 2.05) is 36.4 Å². The summed E-state index contributed by atoms with van der Waals surface area (Å²) >= 11 is 0. The van der Waals surface area contributed by atoms with Crippen molar-refractivity contribution < 1.29 is 9.50 Å². The number of alkyl halides is 1. The lowest BCUT2D eigenvalue weighted by Crippen LogP contribution is -2.22. The number of hydrogen-bond acceptors (Lipinski definition) is 1. The number of fused-ring (bicyclic) bond motifs is 6. The van der Waals surface area contributed by atoms with E-state index < -0.39 is 12.3 Å². The van der Waals surface area contributed by atoms with E-state index in [1.54, 1.807) is 0 Å². The smallest absolute Gasteiger partial charge is 0.130 e. The van der Waals surface area contributed by atoms with Gasteiger partial charge in [0.25, 0.3) is 0 Å². The van der Waals surface area contributed by atoms with Crippen LogP contribution in [-0.4, -0.2) is 11.3 Å². The van der Waals surface area contributed by atoms with Crippen molar-refractivity contribution >= 4 is 21.5 Å². The molecule has 20 heavy (non-hydrogen) atoms. The van der Waals surface area contributed by atoms with Crippen molar-refractivity contribution in [3.05, 3.63) is 59.7 Å². The van der Waals surface area contributed by atoms with Crippen LogP contribution in [0.2, 0.25) is 0 Å². The summed E-state index contributed by atoms with van der Waals surface area (Å²) in [7, 11) is 0. The Hall–Kier alpha value is -1.93. The molecular formula is C18H15FO. The van der Waals surface area contributed by atoms with Crippen LogP contribution in [0.1, 0.15) is 23.7 Å². The molecule has 0 saturated heterocycles. The van der Waals surface area contributed by atoms with E-state index in [0.717, 1.165) is 27.3 Å². The van der Waals surface area contributed by atoms with Crippen molar-refractivity contribution in [3.8, 4) is 0 Å². The molecule has 0 aliphatic heterocycles. The summed E-state index contributed by atoms with van der Waals surface area (Å²) < 4.78 is 13.9. The molecule has 0 spiro atoms. The summed E-state index contributed by atoms with van der Waals surface area (Å²) in [5, 5.41) is 14.7. The lowest BCUT2D eigenvalue weighted by Gasteiger charge is -2.28. The SMILES string of the molecule is O[C@@H]1c2c(c3ccccc3c3ccccc23)CC[C@H]1F. The molecule has 0 radical (unpaired) electrons. The third-order valence-electron chi connectivity index (χ3n) is 4.39. The van der Waals surface area contributed by atoms with Crippen molar-refractivity contribution in [3.63, 3.8) is 0 Å². The summed E-state index contributed by atoms with van der Waals surface area (Å²) in [6.45, 7) is 0. The van der Waals surface area contributed by atoms with Gasteiger partial charge in [0.15, 0.2) is 0 Å². The summed E-state index contributed by atoms with van der Waals surface area (Å²) in [5.74, 6) is 0. The third kappa shape index (κ3) is 1.52. The fraction of sp³-hybridized carbons (Fsp3) is 0.222. The molecular weight excluding hydrogens is 251 g/mol. The number of halogens is 1. The average molecular weight is 266 g/mol. The molecule has 4 rings (SSSR count). The van der Waals surface area contributed by atoms with Gasteiger partial charge in [-0.3, -0.25) is 0 Å². The van der Waals surface area contributed by atoms with Gasteiger partial charge < -0.3 is 5.11 Å². The highest BCUT2D eigenvalue weighted by atomic mass is 19.1. The largest absolute Gasteiger partial charge is 0.385 e. The number of rotatable bonds is 0. The van der Waals surface area contributed by atoms with Gasteiger partial charge in [0.05, 0.1) is 0 Å². The Labute approximate surface area is 116 Å². The minimum Gasteiger partial charge on any atom is -0.385 e. The summed E-state index contributed by atoms with van der Waals surface area (Å²) in [6.07, 6.45) is -1.07. The fourth-order valence-electron chi connectivity index (χ4n) is 3.47. The average Bonchev–Trinajstić information content (AvgIpc) is 2.50. The van der Waals surface area contributed by atoms with E-state index in [4.69, 9.17) is 0 Å². The van der Waals surface area contributed by atoms with Gasteiger partial charge in [-0.15, -0.1) is 0 Å². The second kappa shape index (κ2) is 4.29. The normalized spacial score (nSPS) is 22.1. The van der Waals surface area contributed by atoms with Gasteiger partial charge in [-0.25, -0.2) is 4.39 Å². The first-order valence-corrected chi connectivity index (χ1v) is 7.01. The molecule has 3 aromatic carbocycles. The zero-order valence-electron chi connectivity index (χ0n) is 11.0. The molecule has 0 aromatic heterocycles. The minimum atomic E-state index is -1.16. The Kier molecular flexibility index (Phi) is 2.54. The Bertz CT molecular complexity index is 809. The summed E-state index contributed by atoms with van der Waals surface area (Å²) in [4.78, 5) is 0. The molecule has 0 fully saturated rings. The predicted octanol–water partition coefficient (Wildman–Crippen LogP) is 4.31. The molecule has 2 heteroatoms. The van der Waals surface area contributed by atoms with Crippen LogP contribution in [0.4, 0.5) is 4.39 Å². The molecule has 3 aromatic rings. The van der Waals surface area contributed by atoms with Crippen molar-refractivity contribution in [2.24, 2.45) is 0 Å². The van der Waals surface area contributed by atoms with Crippen LogP contribution in [0, 0.1) is 0 Å². The van der Waals surface area contributed by atoms with Crippen LogP contribution in [-0.2, 0) is 6.42 Å². The molecule has 0 bridgehead atoms. The van der Waals surface area contributed by atoms with Crippen LogP contribution in [0.3, 0.4) is 0 Å². The highest BCUT2D eigenvalue weighted by Crippen LogP contribution is 2.41. The highest BCUT2D eigenvalue weighted by Gasteiger charge is 2.30. The highest BCUT2D eigenvalue weighted by molar-refractivity contribution is 6.11. The second-order valence-electron chi connectivity index (χ2n) is 5.48. The Morgan fingerprint density at radius 1 is 0.850 bits per heavy atom. The van der Waals surface area contributed by atoms with E-state index >= 15 is 0 Å². The lowest BCUT2D eigenvalue weighted by atomic mass is 9.81. The molecule has 1 aliphatic rings. The van der Waals surface area contributed by atoms with Crippen LogP contribution in [0.25, 0.3) is 21.5 Å². The third-order valence-corrected chi connectivity index (χ3v) is 4.39. The van der Waals surface area contributed by atoms with Gasteiger partial charge in [0.2, 0.25) is 0 Å². The Balaban J connectivity index is 2.24. The Morgan fingerprint density at radius 2 is 1.40 bits per heavy atom. The molecule has 1 aliphatic carbocycles. The first kappa shape index (κ1) is 11.9. The van der Waals surface area contributed by atoms with E-state index in [0.29, 0.717) is 12.8 Å². The van der Waals surface area contributed by atoms with Gasteiger partial charge in [0.1, 0.15) is 12.3 Å². The summed E-state index contributed by atoms with van der Waals surface area (Å²) in [6, 6.07) is 16.2. The maximum absolute atomic E-state index is 13.9. The van der Waals surface area contributed by atoms with Crippen LogP contribution < -0.4 is 0 Å². The second-order valence-corrected chi connectivity index (χ2v) is 5.48. The molecule has 1 nitrogen and oxygen atoms in total. The fourth-order valence-corrected chi connectivity index (χ4v) is 3.47. The van der Waals surface area contributed by atoms with Crippen molar-refractivity contribution in [2.75, 3.05) is 0 Å². The molecule has 0 saturated carbocycles. The number of benzene rings is 3. The number of aliphatic hydroxyl groups excluding tert-OH is 1. The molecule has 0 unspecified atom stereocenters. The first-order chi connectivity index (χ1) is 9.77. The molecule has 2 atom stereocenters. The standard InChI is InChI=1S/C18H15FO/c19-16-10-9-15-13-7-2-1-5-11(13)12-6-3-4-8-14(12)17(15)18(16)20/h1-8,16,18,20H,9-10H2/t16-,18+/m1/s1. The monoisotopic (exact) mass is 266 g/mol. The minimum absolute atomic E-state index is 0.399. The van der Waals surface area contributed by atoms with Gasteiger partial charge in [-0.2, -0.15) is 0 Å². The number of aliphatic hydroxyl groups is 1. The molecule has 1 N–H and O–H groups in total. The van der Waals surface area contributed by atoms with Crippen LogP contribution >= 0.6 is 0 Å². The Morgan fingerprint density at radius 3 is 2.10 bits per heavy atom. The van der Waals surface area contributed by atoms with Crippen molar-refractivity contribution in [2.45, 2.75) is 25.1 Å². The van der Waals surface area contributed by atoms with Gasteiger partial charge in [-0.1, -0.05) is 48.5 Å². The quantitative estimate of drug-likeness (QED) is 0.601. The zero-order valence-corrected chi connectivity index (χ0v) is 11.0. The summed E-state index contributed by atoms with van der Waals surface area (Å²) in [5.41, 5.74) is 1.90. The van der Waals surface area contributed by atoms with Gasteiger partial charge >= 0.3 is 0 Å². The van der Waals surface area contributed by atoms with E-state index in [2.05, 4.69) is 12.1 Å². The topological polar surface area (TPSA) is 20.2 Å². The first-order valence-electron chi connectivity index (χ1n) is 7.01. The van der Waals surface area contributed by atoms with Gasteiger partial charge in [0, 0.05) is 0 Å². The van der Waals surface area contributed by atoms with Crippen LogP contribution in [0.15, 0.2) is 48.5 Å². The molecule has 100 valence electrons. The maximum Gasteiger partial charge on any atom is 0.130 e. The molecule has 0 amide bonds. The molecule has 0 heterocycles. The van der Waals surface area contributed by atoms with Crippen molar-refractivity contribution in [1.82, 2.24) is 0 Å². The van der Waals surface area contributed by atoms with E-state index in [1.165, 1.54) is 5.39 Å². The van der Waals surface area contributed by atoms with Crippen molar-refractivity contribution in [1.29, 1.82) is 0 Å². The van der Waals surface area contributed by atoms with E-state index in [-0.39, 0.29) is 0 Å². The van der Waals surface area contributed by atoms with Gasteiger partial charge in [-0.05, 0) is 45.5 Å².